The fourth-order valence-corrected chi connectivity index (χ4v) is 8.07. The summed E-state index contributed by atoms with van der Waals surface area (Å²) < 4.78 is 6.19. The fourth-order valence-electron chi connectivity index (χ4n) is 8.07. The Bertz CT molecular complexity index is 3240. The summed E-state index contributed by atoms with van der Waals surface area (Å²) in [5, 5.41) is 9.41. The number of aromatic nitrogens is 3. The van der Waals surface area contributed by atoms with Gasteiger partial charge in [0.2, 0.25) is 0 Å². The Balaban J connectivity index is 1.11. The number of para-hydroxylation sites is 1. The predicted octanol–water partition coefficient (Wildman–Crippen LogP) is 13.6. The lowest BCUT2D eigenvalue weighted by Crippen LogP contribution is -2.00. The van der Waals surface area contributed by atoms with Crippen LogP contribution in [0.25, 0.3) is 111 Å². The van der Waals surface area contributed by atoms with Crippen molar-refractivity contribution in [2.75, 3.05) is 0 Å². The Labute approximate surface area is 317 Å². The summed E-state index contributed by atoms with van der Waals surface area (Å²) in [6.07, 6.45) is 0. The second-order valence-electron chi connectivity index (χ2n) is 14.0. The maximum Gasteiger partial charge on any atom is 0.164 e. The maximum atomic E-state index is 6.19. The maximum absolute atomic E-state index is 6.19. The smallest absolute Gasteiger partial charge is 0.164 e. The van der Waals surface area contributed by atoms with Crippen molar-refractivity contribution in [3.63, 3.8) is 0 Å². The van der Waals surface area contributed by atoms with Gasteiger partial charge in [0.05, 0.1) is 0 Å². The molecule has 4 heteroatoms. The van der Waals surface area contributed by atoms with Crippen molar-refractivity contribution in [1.29, 1.82) is 0 Å². The van der Waals surface area contributed by atoms with Gasteiger partial charge in [0.15, 0.2) is 17.5 Å². The Hall–Kier alpha value is -7.43. The zero-order valence-corrected chi connectivity index (χ0v) is 29.6. The number of furan rings is 1. The molecule has 0 amide bonds. The average Bonchev–Trinajstić information content (AvgIpc) is 3.65. The molecule has 2 heterocycles. The molecule has 0 unspecified atom stereocenters. The molecule has 0 saturated carbocycles. The van der Waals surface area contributed by atoms with Crippen molar-refractivity contribution in [2.45, 2.75) is 0 Å². The second kappa shape index (κ2) is 12.6. The van der Waals surface area contributed by atoms with E-state index in [2.05, 4.69) is 140 Å². The molecule has 4 nitrogen and oxygen atoms in total. The van der Waals surface area contributed by atoms with Crippen LogP contribution in [0, 0.1) is 0 Å². The van der Waals surface area contributed by atoms with Gasteiger partial charge in [0, 0.05) is 27.5 Å². The summed E-state index contributed by atoms with van der Waals surface area (Å²) in [6, 6.07) is 65.8. The first-order valence-corrected chi connectivity index (χ1v) is 18.5. The molecule has 2 aromatic heterocycles. The summed E-state index contributed by atoms with van der Waals surface area (Å²) in [5.74, 6) is 1.91. The van der Waals surface area contributed by atoms with Gasteiger partial charge in [0.1, 0.15) is 11.2 Å². The summed E-state index contributed by atoms with van der Waals surface area (Å²) in [4.78, 5) is 15.2. The van der Waals surface area contributed by atoms with E-state index in [1.54, 1.807) is 0 Å². The van der Waals surface area contributed by atoms with Crippen LogP contribution < -0.4 is 0 Å². The third-order valence-electron chi connectivity index (χ3n) is 10.7. The van der Waals surface area contributed by atoms with Crippen LogP contribution in [0.5, 0.6) is 0 Å². The van der Waals surface area contributed by atoms with Crippen molar-refractivity contribution >= 4 is 54.3 Å². The minimum absolute atomic E-state index is 0.632. The number of hydrogen-bond donors (Lipinski definition) is 0. The highest BCUT2D eigenvalue weighted by Crippen LogP contribution is 2.42. The van der Waals surface area contributed by atoms with Gasteiger partial charge in [-0.15, -0.1) is 0 Å². The van der Waals surface area contributed by atoms with Gasteiger partial charge in [-0.1, -0.05) is 164 Å². The lowest BCUT2D eigenvalue weighted by molar-refractivity contribution is 0.669. The molecular formula is C51H31N3O. The van der Waals surface area contributed by atoms with Gasteiger partial charge in [-0.25, -0.2) is 15.0 Å². The Morgan fingerprint density at radius 2 is 0.745 bits per heavy atom. The van der Waals surface area contributed by atoms with E-state index < -0.39 is 0 Å². The first-order valence-electron chi connectivity index (χ1n) is 18.5. The van der Waals surface area contributed by atoms with Gasteiger partial charge in [0.25, 0.3) is 0 Å². The van der Waals surface area contributed by atoms with Crippen LogP contribution in [0.1, 0.15) is 0 Å². The third-order valence-corrected chi connectivity index (χ3v) is 10.7. The van der Waals surface area contributed by atoms with E-state index in [-0.39, 0.29) is 0 Å². The standard InChI is InChI=1S/C51H31N3O/c1-3-12-32(13-4-1)33-22-24-35(25-23-33)50-52-49(34-14-5-2-6-15-34)53-51(54-50)37-26-28-43-44(31-37)40-17-8-7-16-39(40)42-20-11-19-38(48(42)43)36-27-29-47-45(30-36)41-18-9-10-21-46(41)55-47/h1-31H. The van der Waals surface area contributed by atoms with E-state index in [0.717, 1.165) is 55.1 Å². The van der Waals surface area contributed by atoms with Crippen molar-refractivity contribution in [1.82, 2.24) is 15.0 Å². The molecule has 0 saturated heterocycles. The zero-order valence-electron chi connectivity index (χ0n) is 29.6. The van der Waals surface area contributed by atoms with Crippen LogP contribution in [-0.4, -0.2) is 15.0 Å². The number of hydrogen-bond acceptors (Lipinski definition) is 4. The van der Waals surface area contributed by atoms with Crippen molar-refractivity contribution < 1.29 is 4.42 Å². The lowest BCUT2D eigenvalue weighted by Gasteiger charge is -2.15. The van der Waals surface area contributed by atoms with Gasteiger partial charge >= 0.3 is 0 Å². The molecule has 0 N–H and O–H groups in total. The Morgan fingerprint density at radius 3 is 1.49 bits per heavy atom. The van der Waals surface area contributed by atoms with Crippen molar-refractivity contribution in [3.05, 3.63) is 188 Å². The molecule has 11 rings (SSSR count). The highest BCUT2D eigenvalue weighted by molar-refractivity contribution is 6.29. The highest BCUT2D eigenvalue weighted by Gasteiger charge is 2.18. The average molecular weight is 702 g/mol. The quantitative estimate of drug-likeness (QED) is 0.168. The Morgan fingerprint density at radius 1 is 0.273 bits per heavy atom. The lowest BCUT2D eigenvalue weighted by atomic mass is 9.88. The fraction of sp³-hybridized carbons (Fsp3) is 0. The number of fused-ring (bicyclic) bond motifs is 9. The van der Waals surface area contributed by atoms with E-state index in [9.17, 15) is 0 Å². The summed E-state index contributed by atoms with van der Waals surface area (Å²) in [5.41, 5.74) is 9.25. The van der Waals surface area contributed by atoms with Gasteiger partial charge in [-0.2, -0.15) is 0 Å². The van der Waals surface area contributed by atoms with Crippen LogP contribution in [-0.2, 0) is 0 Å². The normalized spacial score (nSPS) is 11.6. The monoisotopic (exact) mass is 701 g/mol. The van der Waals surface area contributed by atoms with Crippen molar-refractivity contribution in [3.8, 4) is 56.4 Å². The largest absolute Gasteiger partial charge is 0.456 e. The van der Waals surface area contributed by atoms with E-state index in [1.165, 1.54) is 38.1 Å². The molecule has 0 aliphatic heterocycles. The molecule has 0 aliphatic rings. The molecule has 0 fully saturated rings. The second-order valence-corrected chi connectivity index (χ2v) is 14.0. The molecule has 9 aromatic carbocycles. The van der Waals surface area contributed by atoms with Gasteiger partial charge < -0.3 is 4.42 Å². The summed E-state index contributed by atoms with van der Waals surface area (Å²) in [6.45, 7) is 0. The first kappa shape index (κ1) is 31.1. The van der Waals surface area contributed by atoms with Gasteiger partial charge in [-0.05, 0) is 78.8 Å². The van der Waals surface area contributed by atoms with Crippen LogP contribution in [0.15, 0.2) is 192 Å². The molecule has 0 aliphatic carbocycles. The molecule has 0 radical (unpaired) electrons. The molecule has 0 atom stereocenters. The first-order chi connectivity index (χ1) is 27.2. The zero-order chi connectivity index (χ0) is 36.3. The minimum atomic E-state index is 0.632. The topological polar surface area (TPSA) is 51.8 Å². The van der Waals surface area contributed by atoms with E-state index >= 15 is 0 Å². The number of rotatable bonds is 5. The SMILES string of the molecule is c1ccc(-c2ccc(-c3nc(-c4ccccc4)nc(-c4ccc5c(c4)c4ccccc4c4cccc(-c6ccc7oc8ccccc8c7c6)c45)n3)cc2)cc1. The molecule has 55 heavy (non-hydrogen) atoms. The minimum Gasteiger partial charge on any atom is -0.456 e. The van der Waals surface area contributed by atoms with E-state index in [4.69, 9.17) is 19.4 Å². The van der Waals surface area contributed by atoms with Crippen LogP contribution in [0.3, 0.4) is 0 Å². The van der Waals surface area contributed by atoms with Crippen molar-refractivity contribution in [2.24, 2.45) is 0 Å². The molecular weight excluding hydrogens is 671 g/mol. The predicted molar refractivity (Wildman–Crippen MR) is 227 cm³/mol. The van der Waals surface area contributed by atoms with Crippen LogP contribution in [0.4, 0.5) is 0 Å². The summed E-state index contributed by atoms with van der Waals surface area (Å²) in [7, 11) is 0. The number of benzene rings is 9. The number of nitrogens with zero attached hydrogens (tertiary/aromatic N) is 3. The summed E-state index contributed by atoms with van der Waals surface area (Å²) >= 11 is 0. The highest BCUT2D eigenvalue weighted by atomic mass is 16.3. The van der Waals surface area contributed by atoms with E-state index in [0.29, 0.717) is 17.5 Å². The van der Waals surface area contributed by atoms with Crippen LogP contribution >= 0.6 is 0 Å². The van der Waals surface area contributed by atoms with E-state index in [1.807, 2.05) is 48.5 Å². The molecule has 0 bridgehead atoms. The molecule has 11 aromatic rings. The molecule has 256 valence electrons. The molecule has 0 spiro atoms. The Kier molecular flexibility index (Phi) is 7.14. The van der Waals surface area contributed by atoms with Crippen LogP contribution in [0.2, 0.25) is 0 Å². The third kappa shape index (κ3) is 5.26. The van der Waals surface area contributed by atoms with Gasteiger partial charge in [-0.3, -0.25) is 0 Å².